The number of benzene rings is 3. The largest absolute Gasteiger partial charge is 0.488 e. The van der Waals surface area contributed by atoms with Gasteiger partial charge < -0.3 is 10.1 Å². The molecule has 1 fully saturated rings. The Morgan fingerprint density at radius 1 is 1.09 bits per heavy atom. The Morgan fingerprint density at radius 3 is 2.57 bits per heavy atom. The van der Waals surface area contributed by atoms with Crippen LogP contribution in [0.5, 0.6) is 5.75 Å². The van der Waals surface area contributed by atoms with Crippen LogP contribution in [0.3, 0.4) is 0 Å². The molecule has 2 N–H and O–H groups in total. The maximum Gasteiger partial charge on any atom is 0.338 e. The van der Waals surface area contributed by atoms with Crippen molar-refractivity contribution in [2.45, 2.75) is 6.61 Å². The van der Waals surface area contributed by atoms with Gasteiger partial charge in [-0.2, -0.15) is 5.01 Å². The summed E-state index contributed by atoms with van der Waals surface area (Å²) in [6.07, 6.45) is 1.64. The van der Waals surface area contributed by atoms with Crippen LogP contribution in [-0.4, -0.2) is 21.3 Å². The predicted octanol–water partition coefficient (Wildman–Crippen LogP) is 6.65. The number of para-hydroxylation sites is 1. The number of hydrazine groups is 1. The van der Waals surface area contributed by atoms with Crippen LogP contribution in [-0.2, 0) is 11.4 Å². The van der Waals surface area contributed by atoms with Crippen molar-refractivity contribution in [2.75, 3.05) is 5.32 Å². The number of ether oxygens (including phenoxy) is 1. The number of thioether (sulfide) groups is 1. The summed E-state index contributed by atoms with van der Waals surface area (Å²) < 4.78 is 19.2. The first kappa shape index (κ1) is 25.0. The van der Waals surface area contributed by atoms with Crippen molar-refractivity contribution in [3.63, 3.8) is 0 Å². The van der Waals surface area contributed by atoms with Gasteiger partial charge in [0.1, 0.15) is 18.2 Å². The molecule has 3 aromatic rings. The first-order chi connectivity index (χ1) is 16.8. The van der Waals surface area contributed by atoms with Crippen molar-refractivity contribution < 1.29 is 18.7 Å². The first-order valence-electron chi connectivity index (χ1n) is 10.1. The van der Waals surface area contributed by atoms with Gasteiger partial charge in [0.05, 0.1) is 15.0 Å². The number of hydrogen-bond acceptors (Lipinski definition) is 5. The highest BCUT2D eigenvalue weighted by Crippen LogP contribution is 2.33. The van der Waals surface area contributed by atoms with Crippen molar-refractivity contribution >= 4 is 75.2 Å². The topological polar surface area (TPSA) is 70.7 Å². The second-order valence-corrected chi connectivity index (χ2v) is 9.66. The van der Waals surface area contributed by atoms with Crippen LogP contribution in [0, 0.1) is 5.82 Å². The lowest BCUT2D eigenvalue weighted by atomic mass is 10.2. The van der Waals surface area contributed by atoms with E-state index in [-0.39, 0.29) is 21.8 Å². The van der Waals surface area contributed by atoms with Crippen LogP contribution in [0.4, 0.5) is 14.9 Å². The van der Waals surface area contributed by atoms with Crippen LogP contribution in [0.1, 0.15) is 11.1 Å². The van der Waals surface area contributed by atoms with Gasteiger partial charge in [0.15, 0.2) is 4.32 Å². The molecule has 0 aromatic heterocycles. The first-order valence-corrected chi connectivity index (χ1v) is 12.0. The summed E-state index contributed by atoms with van der Waals surface area (Å²) in [6, 6.07) is 17.1. The van der Waals surface area contributed by atoms with Gasteiger partial charge in [0.25, 0.3) is 5.91 Å². The lowest BCUT2D eigenvalue weighted by Crippen LogP contribution is -2.46. The maximum absolute atomic E-state index is 13.1. The molecule has 0 atom stereocenters. The molecule has 1 heterocycles. The lowest BCUT2D eigenvalue weighted by Gasteiger charge is -2.16. The van der Waals surface area contributed by atoms with E-state index >= 15 is 0 Å². The van der Waals surface area contributed by atoms with E-state index in [0.717, 1.165) is 22.3 Å². The minimum absolute atomic E-state index is 0.162. The van der Waals surface area contributed by atoms with Gasteiger partial charge >= 0.3 is 6.03 Å². The third kappa shape index (κ3) is 6.32. The number of hydrogen-bond donors (Lipinski definition) is 2. The third-order valence-corrected chi connectivity index (χ3v) is 6.74. The Kier molecular flexibility index (Phi) is 7.92. The zero-order valence-electron chi connectivity index (χ0n) is 17.8. The molecule has 3 aromatic carbocycles. The highest BCUT2D eigenvalue weighted by molar-refractivity contribution is 8.26. The molecule has 0 unspecified atom stereocenters. The van der Waals surface area contributed by atoms with E-state index in [9.17, 15) is 14.0 Å². The maximum atomic E-state index is 13.1. The Labute approximate surface area is 220 Å². The average molecular weight is 548 g/mol. The van der Waals surface area contributed by atoms with E-state index in [1.54, 1.807) is 48.5 Å². The third-order valence-electron chi connectivity index (χ3n) is 4.70. The Bertz CT molecular complexity index is 1340. The zero-order chi connectivity index (χ0) is 24.9. The van der Waals surface area contributed by atoms with Gasteiger partial charge in [-0.3, -0.25) is 4.79 Å². The van der Waals surface area contributed by atoms with Gasteiger partial charge in [-0.05, 0) is 60.3 Å². The number of urea groups is 1. The SMILES string of the molecule is O=C(Nc1ccc(Cl)c(Cl)c1)NN1C(=O)/C(=C/c2ccccc2OCc2ccc(F)cc2)SC1=S. The normalized spacial score (nSPS) is 14.4. The number of anilines is 1. The number of thiocarbonyl (C=S) groups is 1. The predicted molar refractivity (Wildman–Crippen MR) is 141 cm³/mol. The molecule has 0 aliphatic carbocycles. The second kappa shape index (κ2) is 11.1. The van der Waals surface area contributed by atoms with Crippen LogP contribution in [0.2, 0.25) is 10.0 Å². The van der Waals surface area contributed by atoms with Crippen LogP contribution in [0.25, 0.3) is 6.08 Å². The molecule has 4 rings (SSSR count). The minimum atomic E-state index is -0.677. The van der Waals surface area contributed by atoms with Crippen molar-refractivity contribution in [3.05, 3.63) is 98.6 Å². The Morgan fingerprint density at radius 2 is 1.83 bits per heavy atom. The summed E-state index contributed by atoms with van der Waals surface area (Å²) in [5.41, 5.74) is 4.27. The van der Waals surface area contributed by atoms with Gasteiger partial charge in [-0.1, -0.05) is 65.3 Å². The molecular formula is C24H16Cl2FN3O3S2. The van der Waals surface area contributed by atoms with E-state index in [1.165, 1.54) is 24.3 Å². The zero-order valence-corrected chi connectivity index (χ0v) is 20.9. The standard InChI is InChI=1S/C24H16Cl2FN3O3S2/c25-18-10-9-17(12-19(18)26)28-23(32)29-30-22(31)21(35-24(30)34)11-15-3-1-2-4-20(15)33-13-14-5-7-16(27)8-6-14/h1-12H,13H2,(H2,28,29,32)/b21-11-. The summed E-state index contributed by atoms with van der Waals surface area (Å²) in [7, 11) is 0. The van der Waals surface area contributed by atoms with E-state index in [1.807, 2.05) is 0 Å². The second-order valence-electron chi connectivity index (χ2n) is 7.16. The Hall–Kier alpha value is -3.11. The van der Waals surface area contributed by atoms with Crippen molar-refractivity contribution in [2.24, 2.45) is 0 Å². The molecule has 3 amide bonds. The van der Waals surface area contributed by atoms with Crippen molar-refractivity contribution in [1.29, 1.82) is 0 Å². The molecule has 6 nitrogen and oxygen atoms in total. The number of amides is 3. The molecule has 0 radical (unpaired) electrons. The molecule has 1 aliphatic rings. The van der Waals surface area contributed by atoms with Gasteiger partial charge in [-0.25, -0.2) is 14.6 Å². The number of nitrogens with one attached hydrogen (secondary N) is 2. The fourth-order valence-electron chi connectivity index (χ4n) is 3.01. The summed E-state index contributed by atoms with van der Waals surface area (Å²) >= 11 is 18.2. The number of carbonyl (C=O) groups is 2. The summed E-state index contributed by atoms with van der Waals surface area (Å²) in [5.74, 6) is -0.277. The van der Waals surface area contributed by atoms with Crippen molar-refractivity contribution in [3.8, 4) is 5.75 Å². The van der Waals surface area contributed by atoms with E-state index in [0.29, 0.717) is 26.9 Å². The molecule has 1 aliphatic heterocycles. The minimum Gasteiger partial charge on any atom is -0.488 e. The lowest BCUT2D eigenvalue weighted by molar-refractivity contribution is -0.123. The fraction of sp³-hybridized carbons (Fsp3) is 0.0417. The summed E-state index contributed by atoms with van der Waals surface area (Å²) in [4.78, 5) is 25.6. The number of halogens is 3. The molecule has 0 saturated carbocycles. The molecule has 0 spiro atoms. The number of carbonyl (C=O) groups excluding carboxylic acids is 2. The van der Waals surface area contributed by atoms with E-state index in [4.69, 9.17) is 40.2 Å². The fourth-order valence-corrected chi connectivity index (χ4v) is 4.48. The van der Waals surface area contributed by atoms with Crippen LogP contribution < -0.4 is 15.5 Å². The van der Waals surface area contributed by atoms with E-state index in [2.05, 4.69) is 10.7 Å². The number of rotatable bonds is 6. The Balaban J connectivity index is 1.44. The molecule has 35 heavy (non-hydrogen) atoms. The molecule has 11 heteroatoms. The van der Waals surface area contributed by atoms with Gasteiger partial charge in [0, 0.05) is 11.3 Å². The molecular weight excluding hydrogens is 532 g/mol. The monoisotopic (exact) mass is 547 g/mol. The summed E-state index contributed by atoms with van der Waals surface area (Å²) in [6.45, 7) is 0.225. The smallest absolute Gasteiger partial charge is 0.338 e. The van der Waals surface area contributed by atoms with Crippen LogP contribution in [0.15, 0.2) is 71.6 Å². The van der Waals surface area contributed by atoms with Crippen molar-refractivity contribution in [1.82, 2.24) is 10.4 Å². The van der Waals surface area contributed by atoms with Gasteiger partial charge in [-0.15, -0.1) is 0 Å². The van der Waals surface area contributed by atoms with Gasteiger partial charge in [0.2, 0.25) is 0 Å². The highest BCUT2D eigenvalue weighted by Gasteiger charge is 2.34. The van der Waals surface area contributed by atoms with Crippen LogP contribution >= 0.6 is 47.2 Å². The van der Waals surface area contributed by atoms with E-state index < -0.39 is 11.9 Å². The average Bonchev–Trinajstić information content (AvgIpc) is 3.09. The molecule has 1 saturated heterocycles. The molecule has 178 valence electrons. The highest BCUT2D eigenvalue weighted by atomic mass is 35.5. The summed E-state index contributed by atoms with van der Waals surface area (Å²) in [5, 5.41) is 4.18. The number of nitrogens with zero attached hydrogens (tertiary/aromatic N) is 1. The molecule has 0 bridgehead atoms. The quantitative estimate of drug-likeness (QED) is 0.267.